The van der Waals surface area contributed by atoms with Gasteiger partial charge in [-0.2, -0.15) is 8.42 Å². The standard InChI is InChI=1S/C23H31Cl2N7O3S/c1-2-17-14-31(22-20(25)12-16(13-28-22)29-36(27,34)35)9-10-32(17)18-5-7-30(8-6-18)23(33)19-4-3-15(24)11-21(19)26/h3-4,11-13,17-18,29H,2,5-10,14,26H2,1H3,(H2,27,34,35)/t17-/m0/s1. The Hall–Kier alpha value is -2.31. The topological polar surface area (TPSA) is 138 Å². The first-order valence-corrected chi connectivity index (χ1v) is 14.2. The lowest BCUT2D eigenvalue weighted by Gasteiger charge is -2.47. The Balaban J connectivity index is 1.37. The minimum atomic E-state index is -3.90. The molecule has 1 aromatic carbocycles. The van der Waals surface area contributed by atoms with Gasteiger partial charge in [-0.15, -0.1) is 0 Å². The van der Waals surface area contributed by atoms with Crippen molar-refractivity contribution in [3.05, 3.63) is 46.1 Å². The average Bonchev–Trinajstić information content (AvgIpc) is 2.82. The smallest absolute Gasteiger partial charge is 0.296 e. The molecule has 4 rings (SSSR count). The zero-order valence-corrected chi connectivity index (χ0v) is 22.4. The van der Waals surface area contributed by atoms with E-state index >= 15 is 0 Å². The summed E-state index contributed by atoms with van der Waals surface area (Å²) in [5, 5.41) is 5.91. The second kappa shape index (κ2) is 11.0. The van der Waals surface area contributed by atoms with Gasteiger partial charge in [0.05, 0.1) is 22.5 Å². The van der Waals surface area contributed by atoms with Crippen LogP contribution in [0.15, 0.2) is 30.5 Å². The molecule has 2 saturated heterocycles. The summed E-state index contributed by atoms with van der Waals surface area (Å²) in [6.07, 6.45) is 4.16. The number of rotatable bonds is 6. The van der Waals surface area contributed by atoms with E-state index in [1.165, 1.54) is 12.3 Å². The molecular formula is C23H31Cl2N7O3S. The highest BCUT2D eigenvalue weighted by Crippen LogP contribution is 2.31. The van der Waals surface area contributed by atoms with E-state index in [1.54, 1.807) is 18.2 Å². The fourth-order valence-corrected chi connectivity index (χ4v) is 6.00. The molecule has 196 valence electrons. The maximum atomic E-state index is 13.0. The van der Waals surface area contributed by atoms with Crippen LogP contribution in [0.2, 0.25) is 10.0 Å². The van der Waals surface area contributed by atoms with Gasteiger partial charge in [0.25, 0.3) is 16.1 Å². The Bertz CT molecular complexity index is 1220. The lowest BCUT2D eigenvalue weighted by Crippen LogP contribution is -2.58. The van der Waals surface area contributed by atoms with Crippen molar-refractivity contribution in [3.63, 3.8) is 0 Å². The molecule has 5 N–H and O–H groups in total. The van der Waals surface area contributed by atoms with Crippen LogP contribution in [-0.2, 0) is 10.2 Å². The molecule has 2 aromatic rings. The number of nitrogens with one attached hydrogen (secondary N) is 1. The first-order chi connectivity index (χ1) is 17.1. The second-order valence-electron chi connectivity index (χ2n) is 9.18. The third-order valence-electron chi connectivity index (χ3n) is 6.85. The number of carbonyl (C=O) groups is 1. The number of amides is 1. The summed E-state index contributed by atoms with van der Waals surface area (Å²) in [5.41, 5.74) is 7.14. The number of halogens is 2. The number of nitrogen functional groups attached to an aromatic ring is 1. The number of piperidine rings is 1. The number of likely N-dealkylation sites (tertiary alicyclic amines) is 1. The molecule has 0 radical (unpaired) electrons. The number of anilines is 3. The number of piperazine rings is 1. The number of nitrogens with zero attached hydrogens (tertiary/aromatic N) is 4. The Morgan fingerprint density at radius 3 is 2.50 bits per heavy atom. The van der Waals surface area contributed by atoms with Gasteiger partial charge in [-0.25, -0.2) is 10.1 Å². The molecule has 1 amide bonds. The summed E-state index contributed by atoms with van der Waals surface area (Å²) >= 11 is 12.4. The molecule has 0 spiro atoms. The van der Waals surface area contributed by atoms with Gasteiger partial charge in [0, 0.05) is 55.5 Å². The van der Waals surface area contributed by atoms with Crippen LogP contribution in [0.4, 0.5) is 17.2 Å². The van der Waals surface area contributed by atoms with Crippen LogP contribution in [0.5, 0.6) is 0 Å². The van der Waals surface area contributed by atoms with Gasteiger partial charge in [0.1, 0.15) is 5.82 Å². The molecule has 0 unspecified atom stereocenters. The summed E-state index contributed by atoms with van der Waals surface area (Å²) < 4.78 is 24.7. The van der Waals surface area contributed by atoms with Gasteiger partial charge in [-0.1, -0.05) is 30.1 Å². The predicted octanol–water partition coefficient (Wildman–Crippen LogP) is 2.79. The fraction of sp³-hybridized carbons (Fsp3) is 0.478. The monoisotopic (exact) mass is 555 g/mol. The zero-order valence-electron chi connectivity index (χ0n) is 20.0. The van der Waals surface area contributed by atoms with Crippen LogP contribution >= 0.6 is 23.2 Å². The third kappa shape index (κ3) is 6.15. The van der Waals surface area contributed by atoms with E-state index in [-0.39, 0.29) is 11.6 Å². The first kappa shape index (κ1) is 26.7. The number of nitrogens with two attached hydrogens (primary N) is 2. The van der Waals surface area contributed by atoms with Crippen molar-refractivity contribution in [1.82, 2.24) is 14.8 Å². The Kier molecular flexibility index (Phi) is 8.15. The van der Waals surface area contributed by atoms with Crippen molar-refractivity contribution in [2.24, 2.45) is 5.14 Å². The summed E-state index contributed by atoms with van der Waals surface area (Å²) in [4.78, 5) is 23.9. The highest BCUT2D eigenvalue weighted by molar-refractivity contribution is 7.90. The van der Waals surface area contributed by atoms with Crippen molar-refractivity contribution in [2.75, 3.05) is 48.1 Å². The molecular weight excluding hydrogens is 525 g/mol. The molecule has 0 bridgehead atoms. The second-order valence-corrected chi connectivity index (χ2v) is 11.3. The van der Waals surface area contributed by atoms with E-state index in [0.29, 0.717) is 52.3 Å². The molecule has 0 aliphatic carbocycles. The lowest BCUT2D eigenvalue weighted by molar-refractivity contribution is 0.0491. The normalized spacial score (nSPS) is 19.9. The largest absolute Gasteiger partial charge is 0.398 e. The summed E-state index contributed by atoms with van der Waals surface area (Å²) in [7, 11) is -3.90. The summed E-state index contributed by atoms with van der Waals surface area (Å²) in [5.74, 6) is 0.566. The SMILES string of the molecule is CC[C@H]1CN(c2ncc(NS(N)(=O)=O)cc2Cl)CCN1C1CCN(C(=O)c2ccc(Cl)cc2N)CC1. The number of pyridine rings is 1. The van der Waals surface area contributed by atoms with Crippen LogP contribution in [0.3, 0.4) is 0 Å². The Morgan fingerprint density at radius 2 is 1.89 bits per heavy atom. The molecule has 36 heavy (non-hydrogen) atoms. The van der Waals surface area contributed by atoms with Crippen molar-refractivity contribution < 1.29 is 13.2 Å². The fourth-order valence-electron chi connectivity index (χ4n) is 5.09. The Labute approximate surface area is 221 Å². The van der Waals surface area contributed by atoms with Crippen molar-refractivity contribution >= 4 is 56.5 Å². The number of hydrogen-bond donors (Lipinski definition) is 3. The lowest BCUT2D eigenvalue weighted by atomic mass is 9.97. The van der Waals surface area contributed by atoms with E-state index in [4.69, 9.17) is 34.1 Å². The number of benzene rings is 1. The average molecular weight is 557 g/mol. The highest BCUT2D eigenvalue weighted by Gasteiger charge is 2.35. The minimum Gasteiger partial charge on any atom is -0.398 e. The van der Waals surface area contributed by atoms with Gasteiger partial charge in [-0.05, 0) is 43.5 Å². The van der Waals surface area contributed by atoms with E-state index in [2.05, 4.69) is 26.4 Å². The maximum absolute atomic E-state index is 13.0. The molecule has 10 nitrogen and oxygen atoms in total. The minimum absolute atomic E-state index is 0.0550. The van der Waals surface area contributed by atoms with Gasteiger partial charge in [0.15, 0.2) is 0 Å². The van der Waals surface area contributed by atoms with Crippen molar-refractivity contribution in [2.45, 2.75) is 38.3 Å². The molecule has 1 atom stereocenters. The van der Waals surface area contributed by atoms with Crippen LogP contribution in [0.25, 0.3) is 0 Å². The molecule has 2 aliphatic rings. The summed E-state index contributed by atoms with van der Waals surface area (Å²) in [6, 6.07) is 7.19. The first-order valence-electron chi connectivity index (χ1n) is 11.9. The van der Waals surface area contributed by atoms with Crippen molar-refractivity contribution in [1.29, 1.82) is 0 Å². The third-order valence-corrected chi connectivity index (χ3v) is 7.88. The number of hydrogen-bond acceptors (Lipinski definition) is 7. The van der Waals surface area contributed by atoms with Crippen LogP contribution in [-0.4, -0.2) is 73.9 Å². The molecule has 2 fully saturated rings. The van der Waals surface area contributed by atoms with E-state index in [1.807, 2.05) is 4.90 Å². The van der Waals surface area contributed by atoms with Crippen LogP contribution < -0.4 is 20.5 Å². The van der Waals surface area contributed by atoms with Crippen LogP contribution in [0, 0.1) is 0 Å². The molecule has 1 aromatic heterocycles. The van der Waals surface area contributed by atoms with Gasteiger partial charge < -0.3 is 15.5 Å². The highest BCUT2D eigenvalue weighted by atomic mass is 35.5. The molecule has 3 heterocycles. The van der Waals surface area contributed by atoms with E-state index in [0.717, 1.165) is 38.9 Å². The number of carbonyl (C=O) groups excluding carboxylic acids is 1. The molecule has 13 heteroatoms. The van der Waals surface area contributed by atoms with Crippen molar-refractivity contribution in [3.8, 4) is 0 Å². The van der Waals surface area contributed by atoms with E-state index in [9.17, 15) is 13.2 Å². The summed E-state index contributed by atoms with van der Waals surface area (Å²) in [6.45, 7) is 5.85. The Morgan fingerprint density at radius 1 is 1.17 bits per heavy atom. The molecule has 2 aliphatic heterocycles. The molecule has 0 saturated carbocycles. The quantitative estimate of drug-likeness (QED) is 0.465. The van der Waals surface area contributed by atoms with Crippen LogP contribution in [0.1, 0.15) is 36.5 Å². The maximum Gasteiger partial charge on any atom is 0.296 e. The number of aromatic nitrogens is 1. The van der Waals surface area contributed by atoms with Gasteiger partial charge in [-0.3, -0.25) is 14.4 Å². The predicted molar refractivity (Wildman–Crippen MR) is 144 cm³/mol. The zero-order chi connectivity index (χ0) is 26.0. The van der Waals surface area contributed by atoms with Gasteiger partial charge in [0.2, 0.25) is 0 Å². The van der Waals surface area contributed by atoms with Gasteiger partial charge >= 0.3 is 0 Å². The van der Waals surface area contributed by atoms with E-state index < -0.39 is 10.2 Å².